The van der Waals surface area contributed by atoms with Crippen molar-refractivity contribution in [3.63, 3.8) is 0 Å². The Morgan fingerprint density at radius 1 is 1.28 bits per heavy atom. The molecule has 2 rings (SSSR count). The van der Waals surface area contributed by atoms with Gasteiger partial charge in [-0.15, -0.1) is 11.3 Å². The number of hydrogen-bond donors (Lipinski definition) is 1. The molecule has 1 unspecified atom stereocenters. The summed E-state index contributed by atoms with van der Waals surface area (Å²) in [5.41, 5.74) is 8.72. The Labute approximate surface area is 113 Å². The van der Waals surface area contributed by atoms with Gasteiger partial charge in [0, 0.05) is 29.0 Å². The van der Waals surface area contributed by atoms with Gasteiger partial charge >= 0.3 is 0 Å². The van der Waals surface area contributed by atoms with Gasteiger partial charge in [0.15, 0.2) is 0 Å². The van der Waals surface area contributed by atoms with Crippen molar-refractivity contribution in [3.05, 3.63) is 52.0 Å². The van der Waals surface area contributed by atoms with E-state index in [-0.39, 0.29) is 11.5 Å². The first-order valence-corrected chi connectivity index (χ1v) is 7.10. The highest BCUT2D eigenvalue weighted by atomic mass is 32.1. The summed E-state index contributed by atoms with van der Waals surface area (Å²) in [5.74, 6) is 0. The molecule has 0 bridgehead atoms. The van der Waals surface area contributed by atoms with E-state index in [0.29, 0.717) is 0 Å². The van der Waals surface area contributed by atoms with Gasteiger partial charge in [0.25, 0.3) is 0 Å². The van der Waals surface area contributed by atoms with Crippen LogP contribution in [-0.4, -0.2) is 11.0 Å². The predicted molar refractivity (Wildman–Crippen MR) is 78.0 cm³/mol. The Bertz CT molecular complexity index is 502. The molecule has 96 valence electrons. The molecule has 1 atom stereocenters. The van der Waals surface area contributed by atoms with Gasteiger partial charge < -0.3 is 5.73 Å². The van der Waals surface area contributed by atoms with E-state index in [2.05, 4.69) is 48.5 Å². The molecule has 2 N–H and O–H groups in total. The normalized spacial score (nSPS) is 13.6. The van der Waals surface area contributed by atoms with Crippen LogP contribution in [0.4, 0.5) is 0 Å². The van der Waals surface area contributed by atoms with E-state index in [9.17, 15) is 0 Å². The van der Waals surface area contributed by atoms with E-state index in [1.807, 2.05) is 13.0 Å². The monoisotopic (exact) mass is 260 g/mol. The topological polar surface area (TPSA) is 38.9 Å². The van der Waals surface area contributed by atoms with Crippen molar-refractivity contribution >= 4 is 11.3 Å². The minimum Gasteiger partial charge on any atom is -0.327 e. The van der Waals surface area contributed by atoms with Crippen molar-refractivity contribution in [2.75, 3.05) is 0 Å². The lowest BCUT2D eigenvalue weighted by Crippen LogP contribution is -2.42. The molecule has 0 spiro atoms. The fourth-order valence-electron chi connectivity index (χ4n) is 2.02. The Balaban J connectivity index is 2.15. The summed E-state index contributed by atoms with van der Waals surface area (Å²) < 4.78 is 0. The van der Waals surface area contributed by atoms with Gasteiger partial charge in [-0.3, -0.25) is 0 Å². The highest BCUT2D eigenvalue weighted by Gasteiger charge is 2.29. The SMILES string of the molecule is Cc1csc(CC(N)C(C)(C)c2ccccc2)n1. The van der Waals surface area contributed by atoms with E-state index >= 15 is 0 Å². The molecule has 0 amide bonds. The number of thiazole rings is 1. The van der Waals surface area contributed by atoms with Crippen LogP contribution in [0.5, 0.6) is 0 Å². The van der Waals surface area contributed by atoms with E-state index in [0.717, 1.165) is 17.1 Å². The molecule has 1 aromatic heterocycles. The summed E-state index contributed by atoms with van der Waals surface area (Å²) >= 11 is 1.70. The van der Waals surface area contributed by atoms with Crippen molar-refractivity contribution in [1.82, 2.24) is 4.98 Å². The highest BCUT2D eigenvalue weighted by molar-refractivity contribution is 7.09. The van der Waals surface area contributed by atoms with Crippen molar-refractivity contribution in [2.45, 2.75) is 38.6 Å². The zero-order chi connectivity index (χ0) is 13.2. The van der Waals surface area contributed by atoms with Crippen LogP contribution in [0.1, 0.15) is 30.1 Å². The third kappa shape index (κ3) is 2.79. The number of nitrogens with two attached hydrogens (primary N) is 1. The van der Waals surface area contributed by atoms with Gasteiger partial charge in [-0.1, -0.05) is 44.2 Å². The number of aromatic nitrogens is 1. The number of hydrogen-bond acceptors (Lipinski definition) is 3. The van der Waals surface area contributed by atoms with Crippen molar-refractivity contribution in [2.24, 2.45) is 5.73 Å². The summed E-state index contributed by atoms with van der Waals surface area (Å²) in [6.07, 6.45) is 0.834. The van der Waals surface area contributed by atoms with Gasteiger partial charge in [-0.25, -0.2) is 4.98 Å². The molecule has 0 aliphatic carbocycles. The molecule has 0 saturated carbocycles. The minimum atomic E-state index is -0.0408. The summed E-state index contributed by atoms with van der Waals surface area (Å²) in [6, 6.07) is 10.5. The second-order valence-electron chi connectivity index (χ2n) is 5.28. The molecule has 3 heteroatoms. The van der Waals surface area contributed by atoms with Crippen molar-refractivity contribution in [1.29, 1.82) is 0 Å². The summed E-state index contributed by atoms with van der Waals surface area (Å²) in [7, 11) is 0. The van der Waals surface area contributed by atoms with Gasteiger partial charge in [0.1, 0.15) is 0 Å². The fourth-order valence-corrected chi connectivity index (χ4v) is 2.85. The molecule has 0 aliphatic heterocycles. The molecule has 1 aromatic carbocycles. The lowest BCUT2D eigenvalue weighted by Gasteiger charge is -2.31. The van der Waals surface area contributed by atoms with Crippen molar-refractivity contribution in [3.8, 4) is 0 Å². The summed E-state index contributed by atoms with van der Waals surface area (Å²) in [4.78, 5) is 4.50. The Morgan fingerprint density at radius 2 is 1.94 bits per heavy atom. The molecule has 0 aliphatic rings. The van der Waals surface area contributed by atoms with E-state index in [4.69, 9.17) is 5.73 Å². The van der Waals surface area contributed by atoms with Crippen LogP contribution in [0.2, 0.25) is 0 Å². The lowest BCUT2D eigenvalue weighted by atomic mass is 9.77. The third-order valence-corrected chi connectivity index (χ3v) is 4.49. The van der Waals surface area contributed by atoms with Crippen LogP contribution >= 0.6 is 11.3 Å². The summed E-state index contributed by atoms with van der Waals surface area (Å²) in [6.45, 7) is 6.43. The largest absolute Gasteiger partial charge is 0.327 e. The second kappa shape index (κ2) is 5.21. The standard InChI is InChI=1S/C15H20N2S/c1-11-10-18-14(17-11)9-13(16)15(2,3)12-7-5-4-6-8-12/h4-8,10,13H,9,16H2,1-3H3. The smallest absolute Gasteiger partial charge is 0.0943 e. The Kier molecular flexibility index (Phi) is 3.83. The highest BCUT2D eigenvalue weighted by Crippen LogP contribution is 2.28. The maximum atomic E-state index is 6.39. The van der Waals surface area contributed by atoms with Gasteiger partial charge in [-0.2, -0.15) is 0 Å². The van der Waals surface area contributed by atoms with Gasteiger partial charge in [0.05, 0.1) is 5.01 Å². The molecule has 2 nitrogen and oxygen atoms in total. The second-order valence-corrected chi connectivity index (χ2v) is 6.22. The van der Waals surface area contributed by atoms with Gasteiger partial charge in [0.2, 0.25) is 0 Å². The zero-order valence-electron chi connectivity index (χ0n) is 11.2. The summed E-state index contributed by atoms with van der Waals surface area (Å²) in [5, 5.41) is 3.21. The van der Waals surface area contributed by atoms with Gasteiger partial charge in [-0.05, 0) is 12.5 Å². The average Bonchev–Trinajstić information content (AvgIpc) is 2.76. The van der Waals surface area contributed by atoms with Crippen LogP contribution in [0.25, 0.3) is 0 Å². The van der Waals surface area contributed by atoms with Crippen LogP contribution in [0.3, 0.4) is 0 Å². The van der Waals surface area contributed by atoms with Crippen LogP contribution in [-0.2, 0) is 11.8 Å². The first-order chi connectivity index (χ1) is 8.50. The predicted octanol–water partition coefficient (Wildman–Crippen LogP) is 3.30. The van der Waals surface area contributed by atoms with Crippen LogP contribution < -0.4 is 5.73 Å². The first kappa shape index (κ1) is 13.2. The maximum absolute atomic E-state index is 6.39. The molecule has 18 heavy (non-hydrogen) atoms. The number of benzene rings is 1. The molecule has 0 saturated heterocycles. The zero-order valence-corrected chi connectivity index (χ0v) is 12.0. The maximum Gasteiger partial charge on any atom is 0.0943 e. The molecule has 0 fully saturated rings. The van der Waals surface area contributed by atoms with E-state index in [1.54, 1.807) is 11.3 Å². The first-order valence-electron chi connectivity index (χ1n) is 6.22. The van der Waals surface area contributed by atoms with E-state index in [1.165, 1.54) is 5.56 Å². The third-order valence-electron chi connectivity index (χ3n) is 3.51. The van der Waals surface area contributed by atoms with E-state index < -0.39 is 0 Å². The molecule has 2 aromatic rings. The van der Waals surface area contributed by atoms with Crippen LogP contribution in [0, 0.1) is 6.92 Å². The molecule has 1 heterocycles. The van der Waals surface area contributed by atoms with Crippen LogP contribution in [0.15, 0.2) is 35.7 Å². The minimum absolute atomic E-state index is 0.0408. The lowest BCUT2D eigenvalue weighted by molar-refractivity contribution is 0.406. The average molecular weight is 260 g/mol. The molecular formula is C15H20N2S. The fraction of sp³-hybridized carbons (Fsp3) is 0.400. The number of rotatable bonds is 4. The Hall–Kier alpha value is -1.19. The molecular weight excluding hydrogens is 240 g/mol. The Morgan fingerprint density at radius 3 is 2.50 bits per heavy atom. The quantitative estimate of drug-likeness (QED) is 0.916. The van der Waals surface area contributed by atoms with Crippen molar-refractivity contribution < 1.29 is 0 Å². The molecule has 0 radical (unpaired) electrons. The number of nitrogens with zero attached hydrogens (tertiary/aromatic N) is 1. The number of aryl methyl sites for hydroxylation is 1.